The molecule has 0 spiro atoms. The van der Waals surface area contributed by atoms with Gasteiger partial charge in [0.05, 0.1) is 18.6 Å². The van der Waals surface area contributed by atoms with Crippen LogP contribution < -0.4 is 10.6 Å². The third-order valence-electron chi connectivity index (χ3n) is 4.65. The van der Waals surface area contributed by atoms with Gasteiger partial charge in [-0.05, 0) is 42.9 Å². The number of amides is 3. The summed E-state index contributed by atoms with van der Waals surface area (Å²) in [7, 11) is 0. The van der Waals surface area contributed by atoms with Crippen molar-refractivity contribution in [1.29, 1.82) is 0 Å². The fourth-order valence-corrected chi connectivity index (χ4v) is 5.52. The summed E-state index contributed by atoms with van der Waals surface area (Å²) in [4.78, 5) is 35.1. The van der Waals surface area contributed by atoms with Gasteiger partial charge in [-0.3, -0.25) is 10.1 Å². The Balaban J connectivity index is 1.37. The van der Waals surface area contributed by atoms with Gasteiger partial charge >= 0.3 is 6.03 Å². The molecule has 3 aromatic rings. The van der Waals surface area contributed by atoms with Gasteiger partial charge in [0, 0.05) is 10.3 Å². The van der Waals surface area contributed by atoms with Crippen LogP contribution >= 0.6 is 23.1 Å². The predicted molar refractivity (Wildman–Crippen MR) is 108 cm³/mol. The topological polar surface area (TPSA) is 97.1 Å². The highest BCUT2D eigenvalue weighted by atomic mass is 32.2. The summed E-state index contributed by atoms with van der Waals surface area (Å²) in [6.45, 7) is 2.50. The van der Waals surface area contributed by atoms with E-state index in [0.29, 0.717) is 11.7 Å². The van der Waals surface area contributed by atoms with E-state index in [2.05, 4.69) is 27.5 Å². The quantitative estimate of drug-likeness (QED) is 0.488. The molecule has 0 saturated carbocycles. The summed E-state index contributed by atoms with van der Waals surface area (Å²) in [5.41, 5.74) is 1.33. The van der Waals surface area contributed by atoms with Crippen molar-refractivity contribution in [3.63, 3.8) is 0 Å². The van der Waals surface area contributed by atoms with Crippen LogP contribution in [0.1, 0.15) is 29.5 Å². The Morgan fingerprint density at radius 2 is 2.29 bits per heavy atom. The highest BCUT2D eigenvalue weighted by molar-refractivity contribution is 8.00. The number of fused-ring (bicyclic) bond motifs is 3. The molecule has 1 aliphatic rings. The van der Waals surface area contributed by atoms with Crippen molar-refractivity contribution in [2.24, 2.45) is 5.92 Å². The maximum Gasteiger partial charge on any atom is 0.321 e. The number of carbonyl (C=O) groups excluding carboxylic acids is 2. The second kappa shape index (κ2) is 8.32. The molecule has 1 aliphatic carbocycles. The van der Waals surface area contributed by atoms with E-state index in [1.54, 1.807) is 29.8 Å². The normalized spacial score (nSPS) is 16.0. The molecular formula is C19H20N4O3S2. The molecule has 9 heteroatoms. The molecule has 1 atom stereocenters. The first-order chi connectivity index (χ1) is 13.6. The maximum absolute atomic E-state index is 12.1. The number of urea groups is 1. The van der Waals surface area contributed by atoms with Crippen molar-refractivity contribution in [2.45, 2.75) is 37.8 Å². The van der Waals surface area contributed by atoms with E-state index in [0.717, 1.165) is 34.5 Å². The second-order valence-corrected chi connectivity index (χ2v) is 8.86. The third-order valence-corrected chi connectivity index (χ3v) is 6.80. The number of carbonyl (C=O) groups is 2. The summed E-state index contributed by atoms with van der Waals surface area (Å²) in [5.74, 6) is 1.06. The Bertz CT molecular complexity index is 1000. The van der Waals surface area contributed by atoms with E-state index in [9.17, 15) is 9.59 Å². The number of aromatic nitrogens is 2. The molecule has 28 heavy (non-hydrogen) atoms. The van der Waals surface area contributed by atoms with Gasteiger partial charge in [0.2, 0.25) is 5.91 Å². The lowest BCUT2D eigenvalue weighted by molar-refractivity contribution is -0.117. The molecule has 3 heterocycles. The first-order valence-corrected chi connectivity index (χ1v) is 10.9. The molecule has 0 aliphatic heterocycles. The fourth-order valence-electron chi connectivity index (χ4n) is 3.28. The molecular weight excluding hydrogens is 396 g/mol. The Hall–Kier alpha value is -2.39. The van der Waals surface area contributed by atoms with Crippen LogP contribution in [0.2, 0.25) is 0 Å². The van der Waals surface area contributed by atoms with Crippen molar-refractivity contribution < 1.29 is 14.0 Å². The van der Waals surface area contributed by atoms with Gasteiger partial charge in [0.1, 0.15) is 21.9 Å². The average molecular weight is 417 g/mol. The van der Waals surface area contributed by atoms with E-state index in [1.165, 1.54) is 28.5 Å². The van der Waals surface area contributed by atoms with Gasteiger partial charge < -0.3 is 9.73 Å². The molecule has 146 valence electrons. The van der Waals surface area contributed by atoms with Crippen LogP contribution in [0.3, 0.4) is 0 Å². The SMILES string of the molecule is C[C@@H]1CCc2c(sc3ncnc(SCC(=O)NC(=O)NCc4ccco4)c23)C1. The van der Waals surface area contributed by atoms with Crippen molar-refractivity contribution in [2.75, 3.05) is 5.75 Å². The lowest BCUT2D eigenvalue weighted by Gasteiger charge is -2.18. The highest BCUT2D eigenvalue weighted by Crippen LogP contribution is 2.40. The first-order valence-electron chi connectivity index (χ1n) is 9.08. The summed E-state index contributed by atoms with van der Waals surface area (Å²) in [5, 5.41) is 6.80. The summed E-state index contributed by atoms with van der Waals surface area (Å²) in [6.07, 6.45) is 6.34. The predicted octanol–water partition coefficient (Wildman–Crippen LogP) is 3.53. The molecule has 4 rings (SSSR count). The van der Waals surface area contributed by atoms with Crippen LogP contribution in [0.4, 0.5) is 4.79 Å². The molecule has 7 nitrogen and oxygen atoms in total. The van der Waals surface area contributed by atoms with E-state index in [-0.39, 0.29) is 18.2 Å². The zero-order valence-electron chi connectivity index (χ0n) is 15.4. The van der Waals surface area contributed by atoms with Crippen molar-refractivity contribution in [3.8, 4) is 0 Å². The largest absolute Gasteiger partial charge is 0.467 e. The van der Waals surface area contributed by atoms with Crippen molar-refractivity contribution >= 4 is 45.3 Å². The van der Waals surface area contributed by atoms with Crippen LogP contribution in [0.25, 0.3) is 10.2 Å². The number of imide groups is 1. The molecule has 0 unspecified atom stereocenters. The number of thioether (sulfide) groups is 1. The van der Waals surface area contributed by atoms with Crippen LogP contribution in [-0.4, -0.2) is 27.7 Å². The Morgan fingerprint density at radius 1 is 1.39 bits per heavy atom. The standard InChI is InChI=1S/C19H20N4O3S2/c1-11-4-5-13-14(7-11)28-18-16(13)17(21-10-22-18)27-9-15(24)23-19(25)20-8-12-3-2-6-26-12/h2-3,6,10-11H,4-5,7-9H2,1H3,(H2,20,23,24,25)/t11-/m1/s1. The minimum Gasteiger partial charge on any atom is -0.467 e. The summed E-state index contributed by atoms with van der Waals surface area (Å²) >= 11 is 3.07. The maximum atomic E-state index is 12.1. The molecule has 0 fully saturated rings. The smallest absolute Gasteiger partial charge is 0.321 e. The molecule has 0 radical (unpaired) electrons. The minimum atomic E-state index is -0.545. The van der Waals surface area contributed by atoms with Crippen molar-refractivity contribution in [1.82, 2.24) is 20.6 Å². The summed E-state index contributed by atoms with van der Waals surface area (Å²) in [6, 6.07) is 2.94. The Kier molecular flexibility index (Phi) is 5.63. The number of nitrogens with one attached hydrogen (secondary N) is 2. The molecule has 2 N–H and O–H groups in total. The van der Waals surface area contributed by atoms with Gasteiger partial charge in [-0.15, -0.1) is 11.3 Å². The zero-order valence-corrected chi connectivity index (χ0v) is 17.0. The second-order valence-electron chi connectivity index (χ2n) is 6.81. The lowest BCUT2D eigenvalue weighted by atomic mass is 9.89. The lowest BCUT2D eigenvalue weighted by Crippen LogP contribution is -2.39. The fraction of sp³-hybridized carbons (Fsp3) is 0.368. The zero-order chi connectivity index (χ0) is 19.5. The Morgan fingerprint density at radius 3 is 3.11 bits per heavy atom. The van der Waals surface area contributed by atoms with Crippen molar-refractivity contribution in [3.05, 3.63) is 40.9 Å². The van der Waals surface area contributed by atoms with Gasteiger partial charge in [-0.1, -0.05) is 18.7 Å². The number of furan rings is 1. The van der Waals surface area contributed by atoms with E-state index >= 15 is 0 Å². The third kappa shape index (κ3) is 4.20. The molecule has 3 amide bonds. The summed E-state index contributed by atoms with van der Waals surface area (Å²) < 4.78 is 5.13. The van der Waals surface area contributed by atoms with Crippen LogP contribution in [0.5, 0.6) is 0 Å². The van der Waals surface area contributed by atoms with Crippen LogP contribution in [0.15, 0.2) is 34.2 Å². The van der Waals surface area contributed by atoms with Crippen LogP contribution in [-0.2, 0) is 24.2 Å². The number of aryl methyl sites for hydroxylation is 1. The Labute approximate surface area is 170 Å². The van der Waals surface area contributed by atoms with E-state index < -0.39 is 6.03 Å². The molecule has 0 saturated heterocycles. The van der Waals surface area contributed by atoms with Gasteiger partial charge in [-0.25, -0.2) is 14.8 Å². The number of hydrogen-bond acceptors (Lipinski definition) is 7. The van der Waals surface area contributed by atoms with Gasteiger partial charge in [0.15, 0.2) is 0 Å². The van der Waals surface area contributed by atoms with Gasteiger partial charge in [0.25, 0.3) is 0 Å². The average Bonchev–Trinajstić information content (AvgIpc) is 3.31. The minimum absolute atomic E-state index is 0.112. The monoisotopic (exact) mass is 416 g/mol. The van der Waals surface area contributed by atoms with E-state index in [1.807, 2.05) is 0 Å². The van der Waals surface area contributed by atoms with Crippen LogP contribution in [0, 0.1) is 5.92 Å². The molecule has 0 bridgehead atoms. The first kappa shape index (κ1) is 18.9. The number of hydrogen-bond donors (Lipinski definition) is 2. The highest BCUT2D eigenvalue weighted by Gasteiger charge is 2.23. The molecule has 3 aromatic heterocycles. The van der Waals surface area contributed by atoms with E-state index in [4.69, 9.17) is 4.42 Å². The number of nitrogens with zero attached hydrogens (tertiary/aromatic N) is 2. The number of rotatable bonds is 5. The number of thiophene rings is 1. The van der Waals surface area contributed by atoms with Gasteiger partial charge in [-0.2, -0.15) is 0 Å². The molecule has 0 aromatic carbocycles.